The van der Waals surface area contributed by atoms with Crippen LogP contribution in [0.1, 0.15) is 23.2 Å². The summed E-state index contributed by atoms with van der Waals surface area (Å²) in [6.45, 7) is 0.483. The summed E-state index contributed by atoms with van der Waals surface area (Å²) in [5, 5.41) is 0. The van der Waals surface area contributed by atoms with Crippen LogP contribution >= 0.6 is 0 Å². The fraction of sp³-hybridized carbons (Fsp3) is 0.429. The number of likely N-dealkylation sites (tertiary alicyclic amines) is 1. The normalized spacial score (nSPS) is 22.3. The third-order valence-electron chi connectivity index (χ3n) is 3.44. The van der Waals surface area contributed by atoms with E-state index in [0.717, 1.165) is 0 Å². The van der Waals surface area contributed by atoms with Crippen LogP contribution in [0.4, 0.5) is 0 Å². The smallest absolute Gasteiger partial charge is 0.359 e. The van der Waals surface area contributed by atoms with E-state index in [0.29, 0.717) is 24.9 Å². The molecular weight excluding hydrogens is 246 g/mol. The van der Waals surface area contributed by atoms with Crippen molar-refractivity contribution < 1.29 is 19.1 Å². The van der Waals surface area contributed by atoms with Gasteiger partial charge in [0.2, 0.25) is 5.72 Å². The maximum absolute atomic E-state index is 12.5. The van der Waals surface area contributed by atoms with Crippen LogP contribution in [-0.4, -0.2) is 43.3 Å². The molecule has 1 amide bonds. The Morgan fingerprint density at radius 1 is 1.21 bits per heavy atom. The highest BCUT2D eigenvalue weighted by molar-refractivity contribution is 5.98. The van der Waals surface area contributed by atoms with Crippen molar-refractivity contribution in [2.45, 2.75) is 18.6 Å². The first-order valence-electron chi connectivity index (χ1n) is 6.16. The summed E-state index contributed by atoms with van der Waals surface area (Å²) >= 11 is 0. The zero-order chi connectivity index (χ0) is 13.9. The Hall–Kier alpha value is -1.88. The molecule has 0 radical (unpaired) electrons. The largest absolute Gasteiger partial charge is 0.465 e. The van der Waals surface area contributed by atoms with Crippen LogP contribution < -0.4 is 0 Å². The Bertz CT molecular complexity index is 474. The predicted octanol–water partition coefficient (Wildman–Crippen LogP) is 1.44. The van der Waals surface area contributed by atoms with Gasteiger partial charge in [-0.05, 0) is 18.6 Å². The minimum Gasteiger partial charge on any atom is -0.465 e. The molecule has 102 valence electrons. The number of carbonyl (C=O) groups is 2. The van der Waals surface area contributed by atoms with Crippen molar-refractivity contribution in [3.63, 3.8) is 0 Å². The van der Waals surface area contributed by atoms with Crippen LogP contribution in [0.5, 0.6) is 0 Å². The third-order valence-corrected chi connectivity index (χ3v) is 3.44. The van der Waals surface area contributed by atoms with E-state index in [-0.39, 0.29) is 5.91 Å². The summed E-state index contributed by atoms with van der Waals surface area (Å²) in [4.78, 5) is 25.9. The first kappa shape index (κ1) is 13.5. The van der Waals surface area contributed by atoms with Crippen LogP contribution in [0.2, 0.25) is 0 Å². The Balaban J connectivity index is 2.33. The molecule has 5 nitrogen and oxygen atoms in total. The van der Waals surface area contributed by atoms with Crippen LogP contribution in [0.15, 0.2) is 30.3 Å². The van der Waals surface area contributed by atoms with Crippen LogP contribution in [0.25, 0.3) is 0 Å². The zero-order valence-corrected chi connectivity index (χ0v) is 11.1. The fourth-order valence-corrected chi connectivity index (χ4v) is 2.46. The maximum Gasteiger partial charge on any atom is 0.359 e. The minimum atomic E-state index is -1.29. The molecule has 0 aromatic heterocycles. The standard InChI is InChI=1S/C14H17NO4/c1-18-13(17)14(19-2)9-6-10-15(14)12(16)11-7-4-3-5-8-11/h3-5,7-8H,6,9-10H2,1-2H3/t14-/m1/s1. The molecule has 1 saturated heterocycles. The van der Waals surface area contributed by atoms with Gasteiger partial charge in [-0.1, -0.05) is 18.2 Å². The van der Waals surface area contributed by atoms with Crippen molar-refractivity contribution in [2.24, 2.45) is 0 Å². The average Bonchev–Trinajstić information content (AvgIpc) is 2.91. The van der Waals surface area contributed by atoms with E-state index in [1.54, 1.807) is 24.3 Å². The Morgan fingerprint density at radius 2 is 1.89 bits per heavy atom. The number of esters is 1. The second-order valence-corrected chi connectivity index (χ2v) is 4.41. The van der Waals surface area contributed by atoms with Gasteiger partial charge >= 0.3 is 5.97 Å². The molecule has 1 aliphatic rings. The number of nitrogens with zero attached hydrogens (tertiary/aromatic N) is 1. The van der Waals surface area contributed by atoms with E-state index >= 15 is 0 Å². The summed E-state index contributed by atoms with van der Waals surface area (Å²) in [6.07, 6.45) is 1.16. The van der Waals surface area contributed by atoms with Crippen LogP contribution in [0.3, 0.4) is 0 Å². The summed E-state index contributed by atoms with van der Waals surface area (Å²) in [5.41, 5.74) is -0.753. The van der Waals surface area contributed by atoms with E-state index in [1.807, 2.05) is 6.07 Å². The number of amides is 1. The number of ether oxygens (including phenoxy) is 2. The van der Waals surface area contributed by atoms with Gasteiger partial charge < -0.3 is 14.4 Å². The molecular formula is C14H17NO4. The van der Waals surface area contributed by atoms with Gasteiger partial charge in [0.15, 0.2) is 0 Å². The zero-order valence-electron chi connectivity index (χ0n) is 11.1. The lowest BCUT2D eigenvalue weighted by Gasteiger charge is -2.34. The molecule has 5 heteroatoms. The van der Waals surface area contributed by atoms with Crippen molar-refractivity contribution in [2.75, 3.05) is 20.8 Å². The maximum atomic E-state index is 12.5. The number of rotatable bonds is 3. The lowest BCUT2D eigenvalue weighted by Crippen LogP contribution is -2.55. The lowest BCUT2D eigenvalue weighted by atomic mass is 10.1. The van der Waals surface area contributed by atoms with E-state index in [4.69, 9.17) is 9.47 Å². The number of hydrogen-bond acceptors (Lipinski definition) is 4. The summed E-state index contributed by atoms with van der Waals surface area (Å²) in [5.74, 6) is -0.748. The highest BCUT2D eigenvalue weighted by atomic mass is 16.6. The molecule has 1 aromatic rings. The van der Waals surface area contributed by atoms with E-state index in [1.165, 1.54) is 19.1 Å². The molecule has 1 aromatic carbocycles. The van der Waals surface area contributed by atoms with Gasteiger partial charge in [-0.15, -0.1) is 0 Å². The molecule has 0 saturated carbocycles. The van der Waals surface area contributed by atoms with Crippen molar-refractivity contribution in [3.8, 4) is 0 Å². The summed E-state index contributed by atoms with van der Waals surface area (Å²) < 4.78 is 10.1. The number of carbonyl (C=O) groups excluding carboxylic acids is 2. The Labute approximate surface area is 112 Å². The highest BCUT2D eigenvalue weighted by Gasteiger charge is 2.51. The molecule has 1 aliphatic heterocycles. The van der Waals surface area contributed by atoms with Gasteiger partial charge in [-0.3, -0.25) is 4.79 Å². The highest BCUT2D eigenvalue weighted by Crippen LogP contribution is 2.32. The number of benzene rings is 1. The first-order valence-corrected chi connectivity index (χ1v) is 6.16. The summed E-state index contributed by atoms with van der Waals surface area (Å²) in [7, 11) is 2.72. The van der Waals surface area contributed by atoms with Gasteiger partial charge in [0, 0.05) is 25.6 Å². The van der Waals surface area contributed by atoms with E-state index in [2.05, 4.69) is 0 Å². The quantitative estimate of drug-likeness (QED) is 0.774. The van der Waals surface area contributed by atoms with Gasteiger partial charge in [0.1, 0.15) is 0 Å². The van der Waals surface area contributed by atoms with E-state index in [9.17, 15) is 9.59 Å². The number of methoxy groups -OCH3 is 2. The van der Waals surface area contributed by atoms with Crippen molar-refractivity contribution in [1.29, 1.82) is 0 Å². The molecule has 19 heavy (non-hydrogen) atoms. The minimum absolute atomic E-state index is 0.217. The average molecular weight is 263 g/mol. The molecule has 1 fully saturated rings. The fourth-order valence-electron chi connectivity index (χ4n) is 2.46. The first-order chi connectivity index (χ1) is 9.15. The molecule has 2 rings (SSSR count). The number of hydrogen-bond donors (Lipinski definition) is 0. The summed E-state index contributed by atoms with van der Waals surface area (Å²) in [6, 6.07) is 8.85. The van der Waals surface area contributed by atoms with Crippen molar-refractivity contribution in [1.82, 2.24) is 4.90 Å². The Kier molecular flexibility index (Phi) is 3.85. The third kappa shape index (κ3) is 2.21. The molecule has 0 unspecified atom stereocenters. The van der Waals surface area contributed by atoms with Gasteiger partial charge in [-0.25, -0.2) is 4.79 Å². The molecule has 1 heterocycles. The van der Waals surface area contributed by atoms with E-state index < -0.39 is 11.7 Å². The Morgan fingerprint density at radius 3 is 2.47 bits per heavy atom. The molecule has 1 atom stereocenters. The van der Waals surface area contributed by atoms with Crippen molar-refractivity contribution in [3.05, 3.63) is 35.9 Å². The van der Waals surface area contributed by atoms with Crippen molar-refractivity contribution >= 4 is 11.9 Å². The SMILES string of the molecule is COC(=O)[C@]1(OC)CCCN1C(=O)c1ccccc1. The lowest BCUT2D eigenvalue weighted by molar-refractivity contribution is -0.181. The second kappa shape index (κ2) is 5.40. The molecule has 0 aliphatic carbocycles. The second-order valence-electron chi connectivity index (χ2n) is 4.41. The predicted molar refractivity (Wildman–Crippen MR) is 68.5 cm³/mol. The molecule has 0 N–H and O–H groups in total. The molecule has 0 bridgehead atoms. The van der Waals surface area contributed by atoms with Crippen LogP contribution in [0, 0.1) is 0 Å². The van der Waals surface area contributed by atoms with Gasteiger partial charge in [-0.2, -0.15) is 0 Å². The van der Waals surface area contributed by atoms with Gasteiger partial charge in [0.25, 0.3) is 5.91 Å². The monoisotopic (exact) mass is 263 g/mol. The topological polar surface area (TPSA) is 55.8 Å². The van der Waals surface area contributed by atoms with Crippen LogP contribution in [-0.2, 0) is 14.3 Å². The molecule has 0 spiro atoms. The van der Waals surface area contributed by atoms with Gasteiger partial charge in [0.05, 0.1) is 7.11 Å².